The first-order chi connectivity index (χ1) is 9.68. The van der Waals surface area contributed by atoms with Gasteiger partial charge in [0, 0.05) is 0 Å². The van der Waals surface area contributed by atoms with E-state index < -0.39 is 0 Å². The van der Waals surface area contributed by atoms with Crippen LogP contribution in [0, 0.1) is 6.92 Å². The van der Waals surface area contributed by atoms with E-state index in [1.54, 1.807) is 0 Å². The Kier molecular flexibility index (Phi) is 3.28. The van der Waals surface area contributed by atoms with Gasteiger partial charge in [0.1, 0.15) is 5.82 Å². The fourth-order valence-corrected chi connectivity index (χ4v) is 2.79. The summed E-state index contributed by atoms with van der Waals surface area (Å²) in [5.41, 5.74) is 9.76. The van der Waals surface area contributed by atoms with Gasteiger partial charge in [0.15, 0.2) is 0 Å². The first-order valence-corrected chi connectivity index (χ1v) is 6.92. The average Bonchev–Trinajstić information content (AvgIpc) is 2.82. The minimum Gasteiger partial charge on any atom is -0.323 e. The van der Waals surface area contributed by atoms with Crippen LogP contribution >= 0.6 is 0 Å². The zero-order valence-corrected chi connectivity index (χ0v) is 11.8. The quantitative estimate of drug-likeness (QED) is 0.786. The van der Waals surface area contributed by atoms with Gasteiger partial charge in [0.2, 0.25) is 0 Å². The van der Waals surface area contributed by atoms with E-state index in [4.69, 9.17) is 5.73 Å². The van der Waals surface area contributed by atoms with Gasteiger partial charge in [-0.25, -0.2) is 4.98 Å². The highest BCUT2D eigenvalue weighted by atomic mass is 15.1. The molecule has 2 unspecified atom stereocenters. The summed E-state index contributed by atoms with van der Waals surface area (Å²) in [6, 6.07) is 18.5. The molecule has 0 saturated carbocycles. The molecule has 2 aromatic carbocycles. The molecule has 0 fully saturated rings. The zero-order valence-electron chi connectivity index (χ0n) is 11.8. The van der Waals surface area contributed by atoms with E-state index >= 15 is 0 Å². The fourth-order valence-electron chi connectivity index (χ4n) is 2.79. The lowest BCUT2D eigenvalue weighted by Crippen LogP contribution is -2.23. The van der Waals surface area contributed by atoms with Crippen LogP contribution in [0.3, 0.4) is 0 Å². The van der Waals surface area contributed by atoms with Crippen molar-refractivity contribution in [1.82, 2.24) is 9.55 Å². The smallest absolute Gasteiger partial charge is 0.107 e. The van der Waals surface area contributed by atoms with Crippen LogP contribution in [-0.2, 0) is 0 Å². The summed E-state index contributed by atoms with van der Waals surface area (Å²) >= 11 is 0. The van der Waals surface area contributed by atoms with E-state index in [1.165, 1.54) is 0 Å². The number of hydrogen-bond acceptors (Lipinski definition) is 2. The first-order valence-electron chi connectivity index (χ1n) is 6.92. The summed E-state index contributed by atoms with van der Waals surface area (Å²) in [6.07, 6.45) is 0. The number of benzene rings is 2. The largest absolute Gasteiger partial charge is 0.323 e. The Balaban J connectivity index is 2.04. The Morgan fingerprint density at radius 3 is 2.40 bits per heavy atom. The van der Waals surface area contributed by atoms with Gasteiger partial charge in [-0.1, -0.05) is 42.5 Å². The third-order valence-corrected chi connectivity index (χ3v) is 3.88. The molecule has 3 nitrogen and oxygen atoms in total. The van der Waals surface area contributed by atoms with Crippen molar-refractivity contribution in [3.63, 3.8) is 0 Å². The van der Waals surface area contributed by atoms with Crippen LogP contribution in [0.2, 0.25) is 0 Å². The lowest BCUT2D eigenvalue weighted by Gasteiger charge is -2.23. The molecule has 0 bridgehead atoms. The van der Waals surface area contributed by atoms with Crippen molar-refractivity contribution >= 4 is 11.0 Å². The summed E-state index contributed by atoms with van der Waals surface area (Å²) in [5.74, 6) is 1.00. The van der Waals surface area contributed by atoms with Crippen molar-refractivity contribution in [3.8, 4) is 0 Å². The molecule has 1 aromatic heterocycles. The van der Waals surface area contributed by atoms with Crippen LogP contribution in [0.25, 0.3) is 11.0 Å². The van der Waals surface area contributed by atoms with Gasteiger partial charge < -0.3 is 10.3 Å². The zero-order chi connectivity index (χ0) is 14.1. The molecular weight excluding hydrogens is 246 g/mol. The van der Waals surface area contributed by atoms with Crippen molar-refractivity contribution in [2.75, 3.05) is 0 Å². The number of aryl methyl sites for hydroxylation is 1. The molecule has 3 aromatic rings. The number of fused-ring (bicyclic) bond motifs is 1. The third kappa shape index (κ3) is 2.10. The molecule has 2 atom stereocenters. The van der Waals surface area contributed by atoms with Gasteiger partial charge in [-0.05, 0) is 31.5 Å². The van der Waals surface area contributed by atoms with Gasteiger partial charge in [-0.3, -0.25) is 0 Å². The molecule has 20 heavy (non-hydrogen) atoms. The number of nitrogens with two attached hydrogens (primary N) is 1. The molecule has 102 valence electrons. The van der Waals surface area contributed by atoms with Crippen LogP contribution in [-0.4, -0.2) is 9.55 Å². The highest BCUT2D eigenvalue weighted by Crippen LogP contribution is 2.28. The SMILES string of the molecule is Cc1nc2ccccc2n1C(C)C(N)c1ccccc1. The lowest BCUT2D eigenvalue weighted by atomic mass is 10.0. The van der Waals surface area contributed by atoms with Gasteiger partial charge >= 0.3 is 0 Å². The lowest BCUT2D eigenvalue weighted by molar-refractivity contribution is 0.455. The minimum absolute atomic E-state index is 0.0486. The van der Waals surface area contributed by atoms with E-state index in [0.29, 0.717) is 0 Å². The number of imidazole rings is 1. The number of aromatic nitrogens is 2. The second kappa shape index (κ2) is 5.10. The van der Waals surface area contributed by atoms with Crippen molar-refractivity contribution in [2.24, 2.45) is 5.73 Å². The standard InChI is InChI=1S/C17H19N3/c1-12(17(18)14-8-4-3-5-9-14)20-13(2)19-15-10-6-7-11-16(15)20/h3-12,17H,18H2,1-2H3. The summed E-state index contributed by atoms with van der Waals surface area (Å²) in [7, 11) is 0. The van der Waals surface area contributed by atoms with Crippen molar-refractivity contribution in [2.45, 2.75) is 25.9 Å². The normalized spacial score (nSPS) is 14.3. The van der Waals surface area contributed by atoms with Crippen molar-refractivity contribution < 1.29 is 0 Å². The molecule has 1 heterocycles. The second-order valence-electron chi connectivity index (χ2n) is 5.19. The molecule has 0 aliphatic carbocycles. The van der Waals surface area contributed by atoms with Gasteiger partial charge in [0.25, 0.3) is 0 Å². The summed E-state index contributed by atoms with van der Waals surface area (Å²) in [6.45, 7) is 4.19. The topological polar surface area (TPSA) is 43.8 Å². The Morgan fingerprint density at radius 2 is 1.65 bits per heavy atom. The Labute approximate surface area is 119 Å². The molecule has 3 rings (SSSR count). The maximum absolute atomic E-state index is 6.44. The highest BCUT2D eigenvalue weighted by Gasteiger charge is 2.20. The first kappa shape index (κ1) is 12.9. The van der Waals surface area contributed by atoms with Gasteiger partial charge in [-0.15, -0.1) is 0 Å². The third-order valence-electron chi connectivity index (χ3n) is 3.88. The molecule has 3 heteroatoms. The number of para-hydroxylation sites is 2. The van der Waals surface area contributed by atoms with Crippen LogP contribution in [0.1, 0.15) is 30.4 Å². The number of rotatable bonds is 3. The van der Waals surface area contributed by atoms with Crippen LogP contribution in [0.5, 0.6) is 0 Å². The van der Waals surface area contributed by atoms with E-state index in [1.807, 2.05) is 43.3 Å². The van der Waals surface area contributed by atoms with E-state index in [9.17, 15) is 0 Å². The Hall–Kier alpha value is -2.13. The molecule has 2 N–H and O–H groups in total. The number of hydrogen-bond donors (Lipinski definition) is 1. The molecular formula is C17H19N3. The van der Waals surface area contributed by atoms with E-state index in [2.05, 4.69) is 34.7 Å². The molecule has 0 amide bonds. The van der Waals surface area contributed by atoms with Crippen LogP contribution in [0.15, 0.2) is 54.6 Å². The van der Waals surface area contributed by atoms with E-state index in [-0.39, 0.29) is 12.1 Å². The molecule has 0 aliphatic rings. The monoisotopic (exact) mass is 265 g/mol. The average molecular weight is 265 g/mol. The Bertz CT molecular complexity index is 715. The van der Waals surface area contributed by atoms with Gasteiger partial charge in [-0.2, -0.15) is 0 Å². The van der Waals surface area contributed by atoms with E-state index in [0.717, 1.165) is 22.4 Å². The summed E-state index contributed by atoms with van der Waals surface area (Å²) in [4.78, 5) is 4.62. The molecule has 0 radical (unpaired) electrons. The predicted molar refractivity (Wildman–Crippen MR) is 82.6 cm³/mol. The minimum atomic E-state index is -0.0486. The molecule has 0 saturated heterocycles. The molecule has 0 spiro atoms. The second-order valence-corrected chi connectivity index (χ2v) is 5.19. The maximum atomic E-state index is 6.44. The summed E-state index contributed by atoms with van der Waals surface area (Å²) < 4.78 is 2.23. The van der Waals surface area contributed by atoms with Gasteiger partial charge in [0.05, 0.1) is 23.1 Å². The fraction of sp³-hybridized carbons (Fsp3) is 0.235. The number of nitrogens with zero attached hydrogens (tertiary/aromatic N) is 2. The maximum Gasteiger partial charge on any atom is 0.107 e. The van der Waals surface area contributed by atoms with Crippen molar-refractivity contribution in [1.29, 1.82) is 0 Å². The molecule has 0 aliphatic heterocycles. The van der Waals surface area contributed by atoms with Crippen LogP contribution < -0.4 is 5.73 Å². The summed E-state index contributed by atoms with van der Waals surface area (Å²) in [5, 5.41) is 0. The van der Waals surface area contributed by atoms with Crippen molar-refractivity contribution in [3.05, 3.63) is 66.0 Å². The Morgan fingerprint density at radius 1 is 1.00 bits per heavy atom. The predicted octanol–water partition coefficient (Wildman–Crippen LogP) is 3.61. The highest BCUT2D eigenvalue weighted by molar-refractivity contribution is 5.76. The van der Waals surface area contributed by atoms with Crippen LogP contribution in [0.4, 0.5) is 0 Å².